The van der Waals surface area contributed by atoms with Crippen molar-refractivity contribution in [3.63, 3.8) is 0 Å². The summed E-state index contributed by atoms with van der Waals surface area (Å²) in [4.78, 5) is 23.8. The van der Waals surface area contributed by atoms with Crippen molar-refractivity contribution in [3.05, 3.63) is 58.6 Å². The van der Waals surface area contributed by atoms with Crippen molar-refractivity contribution in [3.8, 4) is 17.2 Å². The highest BCUT2D eigenvalue weighted by atomic mass is 16.5. The smallest absolute Gasteiger partial charge is 0.408 e. The van der Waals surface area contributed by atoms with Crippen molar-refractivity contribution in [1.82, 2.24) is 4.57 Å². The molecule has 2 aromatic carbocycles. The number of aromatic nitrogens is 1. The number of primary amides is 1. The van der Waals surface area contributed by atoms with Crippen LogP contribution in [0, 0.1) is 23.2 Å². The molecule has 1 saturated heterocycles. The summed E-state index contributed by atoms with van der Waals surface area (Å²) in [6.45, 7) is 1.54. The number of nitrogens with zero attached hydrogens (tertiary/aromatic N) is 2. The summed E-state index contributed by atoms with van der Waals surface area (Å²) in [6.07, 6.45) is 2.05. The number of hydrogen-bond donors (Lipinski definition) is 1. The normalized spacial score (nSPS) is 19.1. The number of carbonyl (C=O) groups is 1. The number of benzene rings is 2. The monoisotopic (exact) mass is 463 g/mol. The second-order valence-electron chi connectivity index (χ2n) is 8.72. The lowest BCUT2D eigenvalue weighted by Crippen LogP contribution is -2.37. The third-order valence-electron chi connectivity index (χ3n) is 6.47. The largest absolute Gasteiger partial charge is 0.419 e. The average Bonchev–Trinajstić information content (AvgIpc) is 3.17. The Morgan fingerprint density at radius 2 is 2.03 bits per heavy atom. The number of methoxy groups -OCH3 is 1. The Bertz CT molecular complexity index is 1240. The molecule has 3 atom stereocenters. The quantitative estimate of drug-likeness (QED) is 0.486. The average molecular weight is 464 g/mol. The summed E-state index contributed by atoms with van der Waals surface area (Å²) in [5.74, 6) is -1.28. The number of ether oxygens (including phenoxy) is 2. The lowest BCUT2D eigenvalue weighted by molar-refractivity contribution is -0.127. The zero-order valence-corrected chi connectivity index (χ0v) is 19.2. The van der Waals surface area contributed by atoms with Gasteiger partial charge in [0.05, 0.1) is 23.6 Å². The van der Waals surface area contributed by atoms with Gasteiger partial charge >= 0.3 is 5.76 Å². The van der Waals surface area contributed by atoms with Crippen LogP contribution in [-0.4, -0.2) is 36.9 Å². The van der Waals surface area contributed by atoms with Gasteiger partial charge in [-0.1, -0.05) is 30.3 Å². The molecule has 1 aromatic heterocycles. The van der Waals surface area contributed by atoms with Gasteiger partial charge in [0.1, 0.15) is 0 Å². The van der Waals surface area contributed by atoms with Crippen LogP contribution in [0.3, 0.4) is 0 Å². The second kappa shape index (κ2) is 10.7. The molecular weight excluding hydrogens is 434 g/mol. The van der Waals surface area contributed by atoms with Gasteiger partial charge in [-0.25, -0.2) is 4.79 Å². The maximum atomic E-state index is 12.2. The minimum atomic E-state index is -0.371. The fourth-order valence-corrected chi connectivity index (χ4v) is 4.53. The van der Waals surface area contributed by atoms with E-state index in [1.807, 2.05) is 42.5 Å². The Hall–Kier alpha value is -3.41. The number of amides is 1. The van der Waals surface area contributed by atoms with Crippen LogP contribution in [0.15, 0.2) is 51.7 Å². The number of hydrogen-bond acceptors (Lipinski definition) is 6. The molecule has 0 aliphatic carbocycles. The van der Waals surface area contributed by atoms with Crippen LogP contribution < -0.4 is 11.5 Å². The molecule has 1 aliphatic heterocycles. The molecular formula is C26H29N3O5. The molecule has 2 heterocycles. The molecule has 0 saturated carbocycles. The third kappa shape index (κ3) is 5.22. The SMILES string of the molecule is COCCCn1c(=O)oc2ccc(-c3ccc(CC(C#N)C4CC(C(N)=O)CCO4)cc3)cc21. The van der Waals surface area contributed by atoms with Gasteiger partial charge in [0.2, 0.25) is 5.91 Å². The zero-order chi connectivity index (χ0) is 24.1. The van der Waals surface area contributed by atoms with Crippen molar-refractivity contribution in [1.29, 1.82) is 5.26 Å². The molecule has 3 aromatic rings. The standard InChI is InChI=1S/C26H29N3O5/c1-32-11-2-10-29-22-14-19(7-8-23(22)34-26(29)31)18-5-3-17(4-6-18)13-21(16-27)24-15-20(25(28)30)9-12-33-24/h3-8,14,20-21,24H,2,9-13,15H2,1H3,(H2,28,30). The van der Waals surface area contributed by atoms with Gasteiger partial charge in [0.25, 0.3) is 0 Å². The minimum absolute atomic E-state index is 0.235. The van der Waals surface area contributed by atoms with Gasteiger partial charge in [-0.05, 0) is 54.5 Å². The van der Waals surface area contributed by atoms with Crippen LogP contribution in [0.2, 0.25) is 0 Å². The second-order valence-corrected chi connectivity index (χ2v) is 8.72. The van der Waals surface area contributed by atoms with E-state index in [1.165, 1.54) is 0 Å². The van der Waals surface area contributed by atoms with Crippen LogP contribution in [0.5, 0.6) is 0 Å². The predicted octanol–water partition coefficient (Wildman–Crippen LogP) is 3.26. The van der Waals surface area contributed by atoms with Crippen LogP contribution in [0.4, 0.5) is 0 Å². The molecule has 178 valence electrons. The van der Waals surface area contributed by atoms with Crippen LogP contribution in [0.25, 0.3) is 22.2 Å². The van der Waals surface area contributed by atoms with E-state index in [0.717, 1.165) is 28.6 Å². The van der Waals surface area contributed by atoms with E-state index in [9.17, 15) is 14.9 Å². The van der Waals surface area contributed by atoms with E-state index in [0.29, 0.717) is 44.6 Å². The van der Waals surface area contributed by atoms with Gasteiger partial charge in [-0.3, -0.25) is 9.36 Å². The van der Waals surface area contributed by atoms with Crippen molar-refractivity contribution >= 4 is 17.0 Å². The zero-order valence-electron chi connectivity index (χ0n) is 19.2. The fraction of sp³-hybridized carbons (Fsp3) is 0.423. The Morgan fingerprint density at radius 3 is 2.74 bits per heavy atom. The summed E-state index contributed by atoms with van der Waals surface area (Å²) in [5, 5.41) is 9.71. The van der Waals surface area contributed by atoms with E-state index in [4.69, 9.17) is 19.6 Å². The van der Waals surface area contributed by atoms with Gasteiger partial charge in [0.15, 0.2) is 5.58 Å². The number of nitriles is 1. The van der Waals surface area contributed by atoms with Crippen LogP contribution in [0.1, 0.15) is 24.8 Å². The third-order valence-corrected chi connectivity index (χ3v) is 6.47. The molecule has 0 radical (unpaired) electrons. The number of rotatable bonds is 9. The lowest BCUT2D eigenvalue weighted by atomic mass is 9.85. The Labute approximate surface area is 197 Å². The maximum absolute atomic E-state index is 12.2. The van der Waals surface area contributed by atoms with Gasteiger partial charge < -0.3 is 19.6 Å². The highest BCUT2D eigenvalue weighted by Gasteiger charge is 2.32. The molecule has 1 aliphatic rings. The van der Waals surface area contributed by atoms with Gasteiger partial charge in [-0.15, -0.1) is 0 Å². The summed E-state index contributed by atoms with van der Waals surface area (Å²) in [5.41, 5.74) is 9.76. The number of nitrogens with two attached hydrogens (primary N) is 1. The number of oxazole rings is 1. The molecule has 0 spiro atoms. The van der Waals surface area contributed by atoms with Gasteiger partial charge in [-0.2, -0.15) is 5.26 Å². The highest BCUT2D eigenvalue weighted by Crippen LogP contribution is 2.29. The fourth-order valence-electron chi connectivity index (χ4n) is 4.53. The van der Waals surface area contributed by atoms with Crippen molar-refractivity contribution < 1.29 is 18.7 Å². The van der Waals surface area contributed by atoms with Crippen molar-refractivity contribution in [2.24, 2.45) is 17.6 Å². The molecule has 0 bridgehead atoms. The molecule has 34 heavy (non-hydrogen) atoms. The summed E-state index contributed by atoms with van der Waals surface area (Å²) in [6, 6.07) is 16.1. The van der Waals surface area contributed by atoms with E-state index < -0.39 is 0 Å². The summed E-state index contributed by atoms with van der Waals surface area (Å²) >= 11 is 0. The first kappa shape index (κ1) is 23.7. The Balaban J connectivity index is 1.49. The number of fused-ring (bicyclic) bond motifs is 1. The molecule has 8 heteroatoms. The highest BCUT2D eigenvalue weighted by molar-refractivity contribution is 5.80. The number of carbonyl (C=O) groups excluding carboxylic acids is 1. The first-order valence-electron chi connectivity index (χ1n) is 11.5. The molecule has 4 rings (SSSR count). The minimum Gasteiger partial charge on any atom is -0.408 e. The van der Waals surface area contributed by atoms with E-state index in [2.05, 4.69) is 6.07 Å². The molecule has 8 nitrogen and oxygen atoms in total. The first-order chi connectivity index (χ1) is 16.5. The molecule has 1 fully saturated rings. The molecule has 3 unspecified atom stereocenters. The maximum Gasteiger partial charge on any atom is 0.419 e. The van der Waals surface area contributed by atoms with E-state index in [-0.39, 0.29) is 29.6 Å². The molecule has 1 amide bonds. The van der Waals surface area contributed by atoms with Crippen molar-refractivity contribution in [2.75, 3.05) is 20.3 Å². The van der Waals surface area contributed by atoms with Gasteiger partial charge in [0, 0.05) is 32.8 Å². The first-order valence-corrected chi connectivity index (χ1v) is 11.5. The predicted molar refractivity (Wildman–Crippen MR) is 127 cm³/mol. The van der Waals surface area contributed by atoms with Crippen molar-refractivity contribution in [2.45, 2.75) is 38.3 Å². The van der Waals surface area contributed by atoms with Crippen LogP contribution >= 0.6 is 0 Å². The Kier molecular flexibility index (Phi) is 7.46. The van der Waals surface area contributed by atoms with E-state index >= 15 is 0 Å². The molecule has 2 N–H and O–H groups in total. The van der Waals surface area contributed by atoms with Crippen LogP contribution in [-0.2, 0) is 27.2 Å². The Morgan fingerprint density at radius 1 is 1.26 bits per heavy atom. The summed E-state index contributed by atoms with van der Waals surface area (Å²) < 4.78 is 17.9. The lowest BCUT2D eigenvalue weighted by Gasteiger charge is -2.30. The van der Waals surface area contributed by atoms with E-state index in [1.54, 1.807) is 11.7 Å². The number of aryl methyl sites for hydroxylation is 1. The topological polar surface area (TPSA) is 120 Å². The summed E-state index contributed by atoms with van der Waals surface area (Å²) in [7, 11) is 1.64.